The molecule has 0 saturated carbocycles. The average Bonchev–Trinajstić information content (AvgIpc) is 2.80. The molecule has 1 aliphatic heterocycles. The molecule has 0 aliphatic carbocycles. The summed E-state index contributed by atoms with van der Waals surface area (Å²) in [7, 11) is 0. The maximum absolute atomic E-state index is 12.1. The zero-order chi connectivity index (χ0) is 13.1. The van der Waals surface area contributed by atoms with Crippen LogP contribution < -0.4 is 5.32 Å². The number of hydrogen-bond acceptors (Lipinski definition) is 2. The summed E-state index contributed by atoms with van der Waals surface area (Å²) in [6.45, 7) is 5.58. The molecule has 3 nitrogen and oxygen atoms in total. The SMILES string of the molecule is Cc1cc(Br)cc(C(=O)N[C@H](C)[C@@H]2CCOC2)c1. The number of halogens is 1. The molecule has 0 radical (unpaired) electrons. The zero-order valence-electron chi connectivity index (χ0n) is 10.7. The van der Waals surface area contributed by atoms with Crippen LogP contribution in [-0.4, -0.2) is 25.2 Å². The van der Waals surface area contributed by atoms with Gasteiger partial charge in [0.15, 0.2) is 0 Å². The van der Waals surface area contributed by atoms with E-state index in [0.29, 0.717) is 11.5 Å². The largest absolute Gasteiger partial charge is 0.381 e. The fourth-order valence-corrected chi connectivity index (χ4v) is 2.83. The molecule has 0 aromatic heterocycles. The van der Waals surface area contributed by atoms with E-state index in [4.69, 9.17) is 4.74 Å². The van der Waals surface area contributed by atoms with Gasteiger partial charge in [-0.3, -0.25) is 4.79 Å². The molecule has 1 aromatic rings. The van der Waals surface area contributed by atoms with Gasteiger partial charge in [-0.05, 0) is 44.0 Å². The topological polar surface area (TPSA) is 38.3 Å². The van der Waals surface area contributed by atoms with Crippen LogP contribution in [0.15, 0.2) is 22.7 Å². The summed E-state index contributed by atoms with van der Waals surface area (Å²) in [6.07, 6.45) is 1.03. The number of carbonyl (C=O) groups excluding carboxylic acids is 1. The molecule has 1 N–H and O–H groups in total. The first-order valence-corrected chi connectivity index (χ1v) is 7.01. The number of ether oxygens (including phenoxy) is 1. The van der Waals surface area contributed by atoms with Gasteiger partial charge in [0.2, 0.25) is 0 Å². The third kappa shape index (κ3) is 3.33. The Hall–Kier alpha value is -0.870. The van der Waals surface area contributed by atoms with Crippen molar-refractivity contribution in [2.24, 2.45) is 5.92 Å². The van der Waals surface area contributed by atoms with Gasteiger partial charge in [0.1, 0.15) is 0 Å². The molecule has 1 aliphatic rings. The van der Waals surface area contributed by atoms with Crippen LogP contribution in [-0.2, 0) is 4.74 Å². The first-order valence-electron chi connectivity index (χ1n) is 6.22. The molecule has 1 heterocycles. The lowest BCUT2D eigenvalue weighted by Crippen LogP contribution is -2.38. The number of rotatable bonds is 3. The third-order valence-electron chi connectivity index (χ3n) is 3.34. The Morgan fingerprint density at radius 1 is 1.50 bits per heavy atom. The van der Waals surface area contributed by atoms with Crippen molar-refractivity contribution in [1.82, 2.24) is 5.32 Å². The molecule has 1 amide bonds. The average molecular weight is 312 g/mol. The van der Waals surface area contributed by atoms with Gasteiger partial charge < -0.3 is 10.1 Å². The van der Waals surface area contributed by atoms with E-state index in [-0.39, 0.29) is 11.9 Å². The highest BCUT2D eigenvalue weighted by Crippen LogP contribution is 2.18. The summed E-state index contributed by atoms with van der Waals surface area (Å²) in [4.78, 5) is 12.1. The summed E-state index contributed by atoms with van der Waals surface area (Å²) < 4.78 is 6.28. The van der Waals surface area contributed by atoms with Crippen LogP contribution in [0.2, 0.25) is 0 Å². The maximum Gasteiger partial charge on any atom is 0.251 e. The molecular formula is C14H18BrNO2. The van der Waals surface area contributed by atoms with Crippen LogP contribution in [0.5, 0.6) is 0 Å². The molecular weight excluding hydrogens is 294 g/mol. The minimum atomic E-state index is -0.0150. The summed E-state index contributed by atoms with van der Waals surface area (Å²) in [5, 5.41) is 3.05. The van der Waals surface area contributed by atoms with E-state index in [1.54, 1.807) is 0 Å². The fraction of sp³-hybridized carbons (Fsp3) is 0.500. The monoisotopic (exact) mass is 311 g/mol. The predicted molar refractivity (Wildman–Crippen MR) is 74.7 cm³/mol. The zero-order valence-corrected chi connectivity index (χ0v) is 12.3. The van der Waals surface area contributed by atoms with Gasteiger partial charge in [0.05, 0.1) is 6.61 Å². The van der Waals surface area contributed by atoms with E-state index >= 15 is 0 Å². The van der Waals surface area contributed by atoms with Crippen LogP contribution in [0.25, 0.3) is 0 Å². The summed E-state index contributed by atoms with van der Waals surface area (Å²) in [6, 6.07) is 5.89. The second-order valence-electron chi connectivity index (χ2n) is 4.90. The van der Waals surface area contributed by atoms with Crippen LogP contribution in [0.1, 0.15) is 29.3 Å². The maximum atomic E-state index is 12.1. The quantitative estimate of drug-likeness (QED) is 0.932. The van der Waals surface area contributed by atoms with Crippen molar-refractivity contribution in [1.29, 1.82) is 0 Å². The Morgan fingerprint density at radius 2 is 2.28 bits per heavy atom. The van der Waals surface area contributed by atoms with E-state index in [9.17, 15) is 4.79 Å². The lowest BCUT2D eigenvalue weighted by molar-refractivity contribution is 0.0922. The standard InChI is InChI=1S/C14H18BrNO2/c1-9-5-12(7-13(15)6-9)14(17)16-10(2)11-3-4-18-8-11/h5-7,10-11H,3-4,8H2,1-2H3,(H,16,17)/t10-,11-/m1/s1. The number of aryl methyl sites for hydroxylation is 1. The first-order chi connectivity index (χ1) is 8.56. The number of carbonyl (C=O) groups is 1. The van der Waals surface area contributed by atoms with Crippen LogP contribution in [0.3, 0.4) is 0 Å². The number of benzene rings is 1. The van der Waals surface area contributed by atoms with E-state index in [1.807, 2.05) is 32.0 Å². The van der Waals surface area contributed by atoms with E-state index in [1.165, 1.54) is 0 Å². The third-order valence-corrected chi connectivity index (χ3v) is 3.79. The molecule has 2 atom stereocenters. The Labute approximate surface area is 116 Å². The van der Waals surface area contributed by atoms with Crippen molar-refractivity contribution in [3.8, 4) is 0 Å². The lowest BCUT2D eigenvalue weighted by atomic mass is 10.0. The summed E-state index contributed by atoms with van der Waals surface area (Å²) in [5.74, 6) is 0.418. The minimum absolute atomic E-state index is 0.0150. The minimum Gasteiger partial charge on any atom is -0.381 e. The van der Waals surface area contributed by atoms with Crippen LogP contribution >= 0.6 is 15.9 Å². The van der Waals surface area contributed by atoms with E-state index in [0.717, 1.165) is 29.7 Å². The Bertz CT molecular complexity index is 421. The van der Waals surface area contributed by atoms with Crippen molar-refractivity contribution in [2.75, 3.05) is 13.2 Å². The molecule has 98 valence electrons. The highest BCUT2D eigenvalue weighted by molar-refractivity contribution is 9.10. The van der Waals surface area contributed by atoms with Gasteiger partial charge in [0.25, 0.3) is 5.91 Å². The van der Waals surface area contributed by atoms with Gasteiger partial charge in [-0.1, -0.05) is 15.9 Å². The van der Waals surface area contributed by atoms with Crippen LogP contribution in [0, 0.1) is 12.8 Å². The van der Waals surface area contributed by atoms with Crippen molar-refractivity contribution in [3.05, 3.63) is 33.8 Å². The molecule has 2 rings (SSSR count). The number of nitrogens with one attached hydrogen (secondary N) is 1. The molecule has 18 heavy (non-hydrogen) atoms. The Kier molecular flexibility index (Phi) is 4.40. The van der Waals surface area contributed by atoms with Crippen LogP contribution in [0.4, 0.5) is 0 Å². The van der Waals surface area contributed by atoms with E-state index < -0.39 is 0 Å². The smallest absolute Gasteiger partial charge is 0.251 e. The predicted octanol–water partition coefficient (Wildman–Crippen LogP) is 2.91. The molecule has 4 heteroatoms. The van der Waals surface area contributed by atoms with Gasteiger partial charge in [-0.2, -0.15) is 0 Å². The number of hydrogen-bond donors (Lipinski definition) is 1. The normalized spacial score (nSPS) is 20.7. The first kappa shape index (κ1) is 13.6. The summed E-state index contributed by atoms with van der Waals surface area (Å²) >= 11 is 3.41. The molecule has 1 fully saturated rings. The fourth-order valence-electron chi connectivity index (χ4n) is 2.22. The van der Waals surface area contributed by atoms with Crippen molar-refractivity contribution in [2.45, 2.75) is 26.3 Å². The molecule has 0 unspecified atom stereocenters. The van der Waals surface area contributed by atoms with Gasteiger partial charge in [-0.15, -0.1) is 0 Å². The van der Waals surface area contributed by atoms with Crippen molar-refractivity contribution in [3.63, 3.8) is 0 Å². The Balaban J connectivity index is 2.02. The summed E-state index contributed by atoms with van der Waals surface area (Å²) in [5.41, 5.74) is 1.78. The van der Waals surface area contributed by atoms with Gasteiger partial charge in [-0.25, -0.2) is 0 Å². The number of amides is 1. The molecule has 1 aromatic carbocycles. The van der Waals surface area contributed by atoms with E-state index in [2.05, 4.69) is 21.2 Å². The molecule has 0 bridgehead atoms. The lowest BCUT2D eigenvalue weighted by Gasteiger charge is -2.19. The van der Waals surface area contributed by atoms with Crippen molar-refractivity contribution >= 4 is 21.8 Å². The van der Waals surface area contributed by atoms with Gasteiger partial charge in [0, 0.05) is 28.6 Å². The molecule has 1 saturated heterocycles. The Morgan fingerprint density at radius 3 is 2.89 bits per heavy atom. The second-order valence-corrected chi connectivity index (χ2v) is 5.82. The second kappa shape index (κ2) is 5.85. The van der Waals surface area contributed by atoms with Crippen molar-refractivity contribution < 1.29 is 9.53 Å². The molecule has 0 spiro atoms. The van der Waals surface area contributed by atoms with Gasteiger partial charge >= 0.3 is 0 Å². The highest BCUT2D eigenvalue weighted by Gasteiger charge is 2.23. The highest BCUT2D eigenvalue weighted by atomic mass is 79.9.